The van der Waals surface area contributed by atoms with Gasteiger partial charge < -0.3 is 10.2 Å². The molecule has 4 bridgehead atoms. The van der Waals surface area contributed by atoms with Gasteiger partial charge in [-0.25, -0.2) is 0 Å². The van der Waals surface area contributed by atoms with Crippen LogP contribution in [0.1, 0.15) is 74.1 Å². The Balaban J connectivity index is 1.69. The van der Waals surface area contributed by atoms with E-state index in [4.69, 9.17) is 0 Å². The van der Waals surface area contributed by atoms with Crippen molar-refractivity contribution in [3.05, 3.63) is 58.7 Å². The summed E-state index contributed by atoms with van der Waals surface area (Å²) in [6.07, 6.45) is 8.62. The minimum atomic E-state index is 0.0807. The number of para-hydroxylation sites is 1. The smallest absolute Gasteiger partial charge is 0.122 e. The van der Waals surface area contributed by atoms with Gasteiger partial charge in [-0.3, -0.25) is 0 Å². The number of phenolic OH excluding ortho intramolecular Hbond substituents is 2. The van der Waals surface area contributed by atoms with Gasteiger partial charge in [-0.1, -0.05) is 43.7 Å². The van der Waals surface area contributed by atoms with E-state index < -0.39 is 0 Å². The number of aryl methyl sites for hydroxylation is 2. The van der Waals surface area contributed by atoms with Crippen LogP contribution < -0.4 is 0 Å². The van der Waals surface area contributed by atoms with Crippen LogP contribution in [0.3, 0.4) is 0 Å². The fourth-order valence-corrected chi connectivity index (χ4v) is 7.73. The molecule has 6 rings (SSSR count). The first-order valence-corrected chi connectivity index (χ1v) is 10.9. The Kier molecular flexibility index (Phi) is 3.73. The van der Waals surface area contributed by atoms with Gasteiger partial charge in [-0.15, -0.1) is 0 Å². The third-order valence-corrected chi connectivity index (χ3v) is 8.55. The van der Waals surface area contributed by atoms with Crippen molar-refractivity contribution in [2.75, 3.05) is 0 Å². The van der Waals surface area contributed by atoms with Crippen LogP contribution in [0.25, 0.3) is 0 Å². The third-order valence-electron chi connectivity index (χ3n) is 8.55. The molecule has 0 heterocycles. The van der Waals surface area contributed by atoms with Crippen LogP contribution in [0.5, 0.6) is 11.5 Å². The molecular weight excluding hydrogens is 344 g/mol. The lowest BCUT2D eigenvalue weighted by Gasteiger charge is -2.67. The van der Waals surface area contributed by atoms with Gasteiger partial charge >= 0.3 is 0 Å². The first-order valence-electron chi connectivity index (χ1n) is 10.9. The molecule has 4 unspecified atom stereocenters. The van der Waals surface area contributed by atoms with Gasteiger partial charge in [0.05, 0.1) is 0 Å². The van der Waals surface area contributed by atoms with Crippen molar-refractivity contribution in [3.63, 3.8) is 0 Å². The van der Waals surface area contributed by atoms with Crippen molar-refractivity contribution in [1.82, 2.24) is 0 Å². The van der Waals surface area contributed by atoms with Crippen LogP contribution in [0.15, 0.2) is 36.4 Å². The van der Waals surface area contributed by atoms with E-state index in [0.29, 0.717) is 16.9 Å². The highest BCUT2D eigenvalue weighted by Gasteiger charge is 2.63. The molecule has 4 aliphatic carbocycles. The maximum Gasteiger partial charge on any atom is 0.122 e. The molecule has 0 spiro atoms. The van der Waals surface area contributed by atoms with Gasteiger partial charge in [0, 0.05) is 11.0 Å². The standard InChI is InChI=1S/C26H32O2/c1-4-24-11-19-12-25(14-24,20-8-9-22(27)18(3)10-20)16-26(13-19,15-24)21-7-5-6-17(2)23(21)28/h5-10,19,27-28H,4,11-16H2,1-3H3. The quantitative estimate of drug-likeness (QED) is 0.661. The second-order valence-corrected chi connectivity index (χ2v) is 10.4. The Hall–Kier alpha value is -1.96. The van der Waals surface area contributed by atoms with E-state index in [9.17, 15) is 10.2 Å². The highest BCUT2D eigenvalue weighted by Crippen LogP contribution is 2.72. The zero-order valence-corrected chi connectivity index (χ0v) is 17.4. The molecule has 2 N–H and O–H groups in total. The molecule has 0 radical (unpaired) electrons. The number of hydrogen-bond donors (Lipinski definition) is 2. The second-order valence-electron chi connectivity index (χ2n) is 10.4. The molecule has 2 nitrogen and oxygen atoms in total. The molecule has 0 amide bonds. The predicted molar refractivity (Wildman–Crippen MR) is 113 cm³/mol. The van der Waals surface area contributed by atoms with Crippen LogP contribution in [0.4, 0.5) is 0 Å². The fourth-order valence-electron chi connectivity index (χ4n) is 7.73. The van der Waals surface area contributed by atoms with E-state index in [2.05, 4.69) is 31.2 Å². The topological polar surface area (TPSA) is 40.5 Å². The largest absolute Gasteiger partial charge is 0.508 e. The first kappa shape index (κ1) is 18.1. The molecule has 4 atom stereocenters. The number of hydrogen-bond acceptors (Lipinski definition) is 2. The molecule has 2 aromatic rings. The molecule has 28 heavy (non-hydrogen) atoms. The molecule has 0 saturated heterocycles. The Bertz CT molecular complexity index is 947. The fraction of sp³-hybridized carbons (Fsp3) is 0.538. The van der Waals surface area contributed by atoms with Crippen molar-refractivity contribution < 1.29 is 10.2 Å². The molecule has 2 heteroatoms. The summed E-state index contributed by atoms with van der Waals surface area (Å²) >= 11 is 0. The summed E-state index contributed by atoms with van der Waals surface area (Å²) in [5, 5.41) is 21.1. The highest BCUT2D eigenvalue weighted by molar-refractivity contribution is 5.49. The zero-order valence-electron chi connectivity index (χ0n) is 17.4. The summed E-state index contributed by atoms with van der Waals surface area (Å²) in [5.74, 6) is 1.64. The molecule has 0 aromatic heterocycles. The lowest BCUT2D eigenvalue weighted by Crippen LogP contribution is -2.60. The molecule has 4 aliphatic rings. The molecule has 4 fully saturated rings. The number of rotatable bonds is 3. The average molecular weight is 377 g/mol. The van der Waals surface area contributed by atoms with E-state index in [1.165, 1.54) is 49.7 Å². The summed E-state index contributed by atoms with van der Waals surface area (Å²) in [4.78, 5) is 0. The third kappa shape index (κ3) is 2.39. The van der Waals surface area contributed by atoms with Crippen LogP contribution in [0.2, 0.25) is 0 Å². The normalized spacial score (nSPS) is 36.0. The van der Waals surface area contributed by atoms with Gasteiger partial charge in [0.2, 0.25) is 0 Å². The van der Waals surface area contributed by atoms with Gasteiger partial charge in [0.25, 0.3) is 0 Å². The van der Waals surface area contributed by atoms with E-state index in [-0.39, 0.29) is 10.8 Å². The summed E-state index contributed by atoms with van der Waals surface area (Å²) in [6.45, 7) is 6.40. The SMILES string of the molecule is CCC12CC3CC(c4ccc(O)c(C)c4)(C1)CC(c1cccc(C)c1O)(C3)C2. The van der Waals surface area contributed by atoms with Gasteiger partial charge in [-0.2, -0.15) is 0 Å². The molecule has 0 aliphatic heterocycles. The molecule has 4 saturated carbocycles. The average Bonchev–Trinajstić information content (AvgIpc) is 2.65. The second kappa shape index (κ2) is 5.78. The molecular formula is C26H32O2. The van der Waals surface area contributed by atoms with Crippen molar-refractivity contribution in [1.29, 1.82) is 0 Å². The predicted octanol–water partition coefficient (Wildman–Crippen LogP) is 6.28. The van der Waals surface area contributed by atoms with Gasteiger partial charge in [0.15, 0.2) is 0 Å². The van der Waals surface area contributed by atoms with Crippen LogP contribution in [-0.2, 0) is 10.8 Å². The Morgan fingerprint density at radius 2 is 1.64 bits per heavy atom. The minimum absolute atomic E-state index is 0.0807. The molecule has 2 aromatic carbocycles. The highest BCUT2D eigenvalue weighted by atomic mass is 16.3. The number of aromatic hydroxyl groups is 2. The number of phenols is 2. The minimum Gasteiger partial charge on any atom is -0.508 e. The van der Waals surface area contributed by atoms with E-state index in [0.717, 1.165) is 23.5 Å². The van der Waals surface area contributed by atoms with E-state index in [1.807, 2.05) is 26.0 Å². The Morgan fingerprint density at radius 1 is 0.893 bits per heavy atom. The lowest BCUT2D eigenvalue weighted by molar-refractivity contribution is -0.0925. The van der Waals surface area contributed by atoms with Crippen molar-refractivity contribution in [2.24, 2.45) is 11.3 Å². The van der Waals surface area contributed by atoms with E-state index in [1.54, 1.807) is 0 Å². The summed E-state index contributed by atoms with van der Waals surface area (Å²) < 4.78 is 0. The van der Waals surface area contributed by atoms with Gasteiger partial charge in [0.1, 0.15) is 11.5 Å². The van der Waals surface area contributed by atoms with Gasteiger partial charge in [-0.05, 0) is 91.9 Å². The lowest BCUT2D eigenvalue weighted by atomic mass is 9.37. The summed E-state index contributed by atoms with van der Waals surface area (Å²) in [5.41, 5.74) is 5.19. The van der Waals surface area contributed by atoms with Crippen molar-refractivity contribution >= 4 is 0 Å². The summed E-state index contributed by atoms with van der Waals surface area (Å²) in [6, 6.07) is 12.6. The molecule has 148 valence electrons. The monoisotopic (exact) mass is 376 g/mol. The Morgan fingerprint density at radius 3 is 2.39 bits per heavy atom. The van der Waals surface area contributed by atoms with Crippen LogP contribution in [0, 0.1) is 25.2 Å². The Labute approximate surface area is 168 Å². The zero-order chi connectivity index (χ0) is 19.7. The van der Waals surface area contributed by atoms with Crippen molar-refractivity contribution in [3.8, 4) is 11.5 Å². The van der Waals surface area contributed by atoms with Crippen molar-refractivity contribution in [2.45, 2.75) is 76.5 Å². The van der Waals surface area contributed by atoms with E-state index >= 15 is 0 Å². The van der Waals surface area contributed by atoms with Crippen LogP contribution >= 0.6 is 0 Å². The maximum atomic E-state index is 11.0. The number of benzene rings is 2. The first-order chi connectivity index (χ1) is 13.3. The summed E-state index contributed by atoms with van der Waals surface area (Å²) in [7, 11) is 0. The van der Waals surface area contributed by atoms with Crippen LogP contribution in [-0.4, -0.2) is 10.2 Å². The maximum absolute atomic E-state index is 11.0.